The van der Waals surface area contributed by atoms with Crippen LogP contribution in [0.1, 0.15) is 68.7 Å². The highest BCUT2D eigenvalue weighted by atomic mass is 16.1. The molecular formula is C21H31N5O. The summed E-state index contributed by atoms with van der Waals surface area (Å²) in [5, 5.41) is 4.61. The van der Waals surface area contributed by atoms with Crippen LogP contribution in [0, 0.1) is 12.8 Å². The second-order valence-corrected chi connectivity index (χ2v) is 8.38. The van der Waals surface area contributed by atoms with Crippen LogP contribution in [0.2, 0.25) is 0 Å². The molecule has 2 fully saturated rings. The van der Waals surface area contributed by atoms with E-state index in [9.17, 15) is 4.79 Å². The van der Waals surface area contributed by atoms with E-state index in [0.29, 0.717) is 5.92 Å². The summed E-state index contributed by atoms with van der Waals surface area (Å²) in [5.41, 5.74) is 1.58. The monoisotopic (exact) mass is 369 g/mol. The molecule has 1 aliphatic heterocycles. The summed E-state index contributed by atoms with van der Waals surface area (Å²) in [7, 11) is 0. The van der Waals surface area contributed by atoms with E-state index in [-0.39, 0.29) is 5.69 Å². The molecule has 2 aromatic rings. The first-order valence-corrected chi connectivity index (χ1v) is 10.5. The number of nitrogens with zero attached hydrogens (tertiary/aromatic N) is 4. The van der Waals surface area contributed by atoms with Gasteiger partial charge in [-0.3, -0.25) is 9.97 Å². The number of nitrogens with one attached hydrogen (secondary N) is 1. The van der Waals surface area contributed by atoms with E-state index in [1.54, 1.807) is 12.4 Å². The average Bonchev–Trinajstić information content (AvgIpc) is 3.09. The van der Waals surface area contributed by atoms with E-state index in [1.807, 2.05) is 13.0 Å². The molecular weight excluding hydrogens is 338 g/mol. The van der Waals surface area contributed by atoms with Gasteiger partial charge in [0.25, 0.3) is 0 Å². The minimum absolute atomic E-state index is 0.170. The SMILES string of the molecule is Cc1cncc(-n2nc([C@H]3CCCN(CCC4CCCCC4)C3)[nH]c2=O)c1. The molecule has 1 atom stereocenters. The van der Waals surface area contributed by atoms with Gasteiger partial charge in [-0.15, -0.1) is 5.10 Å². The molecule has 1 saturated heterocycles. The highest BCUT2D eigenvalue weighted by Crippen LogP contribution is 2.28. The lowest BCUT2D eigenvalue weighted by atomic mass is 9.86. The number of pyridine rings is 1. The Morgan fingerprint density at radius 2 is 2.00 bits per heavy atom. The van der Waals surface area contributed by atoms with Gasteiger partial charge in [0.05, 0.1) is 11.9 Å². The fourth-order valence-electron chi connectivity index (χ4n) is 4.68. The Labute approximate surface area is 161 Å². The third-order valence-electron chi connectivity index (χ3n) is 6.21. The van der Waals surface area contributed by atoms with Crippen LogP contribution >= 0.6 is 0 Å². The summed E-state index contributed by atoms with van der Waals surface area (Å²) < 4.78 is 1.45. The molecule has 0 bridgehead atoms. The molecule has 3 heterocycles. The number of hydrogen-bond donors (Lipinski definition) is 1. The van der Waals surface area contributed by atoms with Crippen LogP contribution in [-0.2, 0) is 0 Å². The molecule has 0 spiro atoms. The van der Waals surface area contributed by atoms with E-state index < -0.39 is 0 Å². The molecule has 0 amide bonds. The first-order chi connectivity index (χ1) is 13.2. The smallest absolute Gasteiger partial charge is 0.303 e. The molecule has 146 valence electrons. The van der Waals surface area contributed by atoms with Crippen molar-refractivity contribution >= 4 is 0 Å². The molecule has 1 aliphatic carbocycles. The second kappa shape index (κ2) is 8.38. The molecule has 27 heavy (non-hydrogen) atoms. The van der Waals surface area contributed by atoms with E-state index >= 15 is 0 Å². The quantitative estimate of drug-likeness (QED) is 0.877. The van der Waals surface area contributed by atoms with Crippen LogP contribution in [0.5, 0.6) is 0 Å². The van der Waals surface area contributed by atoms with Crippen molar-refractivity contribution in [3.63, 3.8) is 0 Å². The number of aromatic nitrogens is 4. The third kappa shape index (κ3) is 4.49. The highest BCUT2D eigenvalue weighted by Gasteiger charge is 2.25. The minimum atomic E-state index is -0.170. The predicted octanol–water partition coefficient (Wildman–Crippen LogP) is 3.41. The Balaban J connectivity index is 1.41. The van der Waals surface area contributed by atoms with Crippen LogP contribution < -0.4 is 5.69 Å². The van der Waals surface area contributed by atoms with Gasteiger partial charge in [0.2, 0.25) is 0 Å². The maximum absolute atomic E-state index is 12.4. The molecule has 1 N–H and O–H groups in total. The Hall–Kier alpha value is -1.95. The Morgan fingerprint density at radius 3 is 2.81 bits per heavy atom. The topological polar surface area (TPSA) is 66.8 Å². The normalized spacial score (nSPS) is 22.2. The lowest BCUT2D eigenvalue weighted by Crippen LogP contribution is -2.36. The van der Waals surface area contributed by atoms with E-state index in [1.165, 1.54) is 62.7 Å². The van der Waals surface area contributed by atoms with Gasteiger partial charge in [-0.05, 0) is 56.8 Å². The van der Waals surface area contributed by atoms with Crippen molar-refractivity contribution in [3.05, 3.63) is 40.3 Å². The molecule has 6 heteroatoms. The molecule has 2 aliphatic rings. The summed E-state index contributed by atoms with van der Waals surface area (Å²) in [6.07, 6.45) is 14.2. The summed E-state index contributed by atoms with van der Waals surface area (Å²) in [6.45, 7) is 5.34. The average molecular weight is 370 g/mol. The van der Waals surface area contributed by atoms with E-state index in [4.69, 9.17) is 0 Å². The number of aryl methyl sites for hydroxylation is 1. The molecule has 0 unspecified atom stereocenters. The van der Waals surface area contributed by atoms with Gasteiger partial charge in [-0.25, -0.2) is 4.79 Å². The van der Waals surface area contributed by atoms with Gasteiger partial charge in [0.1, 0.15) is 5.82 Å². The van der Waals surface area contributed by atoms with Crippen LogP contribution in [0.3, 0.4) is 0 Å². The molecule has 2 aromatic heterocycles. The molecule has 6 nitrogen and oxygen atoms in total. The van der Waals surface area contributed by atoms with Gasteiger partial charge in [-0.2, -0.15) is 4.68 Å². The van der Waals surface area contributed by atoms with Gasteiger partial charge >= 0.3 is 5.69 Å². The zero-order valence-corrected chi connectivity index (χ0v) is 16.4. The summed E-state index contributed by atoms with van der Waals surface area (Å²) in [5.74, 6) is 2.06. The first-order valence-electron chi connectivity index (χ1n) is 10.5. The highest BCUT2D eigenvalue weighted by molar-refractivity contribution is 5.30. The lowest BCUT2D eigenvalue weighted by molar-refractivity contribution is 0.182. The van der Waals surface area contributed by atoms with E-state index in [0.717, 1.165) is 36.0 Å². The lowest BCUT2D eigenvalue weighted by Gasteiger charge is -2.33. The molecule has 0 aromatic carbocycles. The number of aromatic amines is 1. The Kier molecular flexibility index (Phi) is 5.72. The Bertz CT molecular complexity index is 805. The molecule has 4 rings (SSSR count). The predicted molar refractivity (Wildman–Crippen MR) is 106 cm³/mol. The van der Waals surface area contributed by atoms with Gasteiger partial charge in [0, 0.05) is 18.7 Å². The van der Waals surface area contributed by atoms with Gasteiger partial charge in [-0.1, -0.05) is 32.1 Å². The maximum atomic E-state index is 12.4. The fourth-order valence-corrected chi connectivity index (χ4v) is 4.68. The van der Waals surface area contributed by atoms with Crippen molar-refractivity contribution in [2.45, 2.75) is 64.2 Å². The zero-order chi connectivity index (χ0) is 18.6. The maximum Gasteiger partial charge on any atom is 0.348 e. The van der Waals surface area contributed by atoms with Crippen molar-refractivity contribution in [2.75, 3.05) is 19.6 Å². The summed E-state index contributed by atoms with van der Waals surface area (Å²) >= 11 is 0. The van der Waals surface area contributed by atoms with Crippen LogP contribution in [-0.4, -0.2) is 44.3 Å². The molecule has 0 radical (unpaired) electrons. The van der Waals surface area contributed by atoms with E-state index in [2.05, 4.69) is 20.0 Å². The number of rotatable bonds is 5. The van der Waals surface area contributed by atoms with Crippen molar-refractivity contribution < 1.29 is 0 Å². The molecule has 1 saturated carbocycles. The van der Waals surface area contributed by atoms with Crippen LogP contribution in [0.25, 0.3) is 5.69 Å². The standard InChI is InChI=1S/C21H31N5O/c1-16-12-19(14-22-13-16)26-21(27)23-20(24-26)18-8-5-10-25(15-18)11-9-17-6-3-2-4-7-17/h12-14,17-18H,2-11,15H2,1H3,(H,23,24,27)/t18-/m0/s1. The Morgan fingerprint density at radius 1 is 1.15 bits per heavy atom. The van der Waals surface area contributed by atoms with Crippen LogP contribution in [0.15, 0.2) is 23.3 Å². The fraction of sp³-hybridized carbons (Fsp3) is 0.667. The number of piperidine rings is 1. The first kappa shape index (κ1) is 18.4. The number of hydrogen-bond acceptors (Lipinski definition) is 4. The van der Waals surface area contributed by atoms with Crippen LogP contribution in [0.4, 0.5) is 0 Å². The number of H-pyrrole nitrogens is 1. The van der Waals surface area contributed by atoms with Crippen molar-refractivity contribution in [1.29, 1.82) is 0 Å². The summed E-state index contributed by atoms with van der Waals surface area (Å²) in [4.78, 5) is 22.2. The van der Waals surface area contributed by atoms with Gasteiger partial charge in [0.15, 0.2) is 0 Å². The third-order valence-corrected chi connectivity index (χ3v) is 6.21. The van der Waals surface area contributed by atoms with Crippen molar-refractivity contribution in [2.24, 2.45) is 5.92 Å². The van der Waals surface area contributed by atoms with Crippen molar-refractivity contribution in [1.82, 2.24) is 24.6 Å². The second-order valence-electron chi connectivity index (χ2n) is 8.38. The zero-order valence-electron chi connectivity index (χ0n) is 16.4. The van der Waals surface area contributed by atoms with Gasteiger partial charge < -0.3 is 4.90 Å². The minimum Gasteiger partial charge on any atom is -0.303 e. The summed E-state index contributed by atoms with van der Waals surface area (Å²) in [6, 6.07) is 1.94. The largest absolute Gasteiger partial charge is 0.348 e. The van der Waals surface area contributed by atoms with Crippen molar-refractivity contribution in [3.8, 4) is 5.69 Å². The number of likely N-dealkylation sites (tertiary alicyclic amines) is 1.